The predicted octanol–water partition coefficient (Wildman–Crippen LogP) is 2.16. The van der Waals surface area contributed by atoms with E-state index in [1.807, 2.05) is 19.1 Å². The van der Waals surface area contributed by atoms with E-state index in [0.29, 0.717) is 17.9 Å². The molecule has 1 aromatic heterocycles. The van der Waals surface area contributed by atoms with E-state index >= 15 is 0 Å². The molecule has 7 heteroatoms. The van der Waals surface area contributed by atoms with E-state index < -0.39 is 11.9 Å². The average molecular weight is 344 g/mol. The number of hydrogen-bond acceptors (Lipinski definition) is 5. The molecule has 1 heterocycles. The molecule has 25 heavy (non-hydrogen) atoms. The summed E-state index contributed by atoms with van der Waals surface area (Å²) in [7, 11) is 3.13. The Morgan fingerprint density at radius 1 is 1.12 bits per heavy atom. The van der Waals surface area contributed by atoms with Crippen molar-refractivity contribution in [3.05, 3.63) is 53.3 Å². The zero-order chi connectivity index (χ0) is 18.4. The van der Waals surface area contributed by atoms with Gasteiger partial charge in [0.05, 0.1) is 14.2 Å². The third-order valence-electron chi connectivity index (χ3n) is 3.57. The molecule has 0 spiro atoms. The van der Waals surface area contributed by atoms with Gasteiger partial charge < -0.3 is 19.9 Å². The van der Waals surface area contributed by atoms with Gasteiger partial charge in [-0.3, -0.25) is 4.79 Å². The van der Waals surface area contributed by atoms with E-state index in [2.05, 4.69) is 10.3 Å². The van der Waals surface area contributed by atoms with E-state index in [0.717, 1.165) is 5.56 Å². The summed E-state index contributed by atoms with van der Waals surface area (Å²) >= 11 is 0. The van der Waals surface area contributed by atoms with Crippen LogP contribution < -0.4 is 14.8 Å². The van der Waals surface area contributed by atoms with Gasteiger partial charge in [0.2, 0.25) is 0 Å². The number of pyridine rings is 1. The summed E-state index contributed by atoms with van der Waals surface area (Å²) in [5.41, 5.74) is 0.872. The standard InChI is InChI=1S/C18H20N2O5/c1-11(9-12-7-8-15(24-2)16(10-12)25-3)19-17(21)13-5-4-6-14(20-13)18(22)23/h4-8,10-11H,9H2,1-3H3,(H,19,21)(H,22,23). The number of carbonyl (C=O) groups is 2. The van der Waals surface area contributed by atoms with Gasteiger partial charge in [0.25, 0.3) is 5.91 Å². The highest BCUT2D eigenvalue weighted by Gasteiger charge is 2.15. The molecule has 0 aliphatic heterocycles. The van der Waals surface area contributed by atoms with Gasteiger partial charge in [0.15, 0.2) is 11.5 Å². The fourth-order valence-corrected chi connectivity index (χ4v) is 2.39. The van der Waals surface area contributed by atoms with E-state index in [1.54, 1.807) is 20.3 Å². The Labute approximate surface area is 145 Å². The van der Waals surface area contributed by atoms with Crippen LogP contribution in [0.2, 0.25) is 0 Å². The predicted molar refractivity (Wildman–Crippen MR) is 91.4 cm³/mol. The number of carboxylic acid groups (broad SMARTS) is 1. The van der Waals surface area contributed by atoms with Crippen LogP contribution in [0.3, 0.4) is 0 Å². The van der Waals surface area contributed by atoms with Crippen molar-refractivity contribution in [1.29, 1.82) is 0 Å². The van der Waals surface area contributed by atoms with Crippen LogP contribution in [0.15, 0.2) is 36.4 Å². The fourth-order valence-electron chi connectivity index (χ4n) is 2.39. The second-order valence-electron chi connectivity index (χ2n) is 5.48. The van der Waals surface area contributed by atoms with Crippen LogP contribution in [-0.4, -0.2) is 42.2 Å². The number of rotatable bonds is 7. The van der Waals surface area contributed by atoms with Crippen LogP contribution >= 0.6 is 0 Å². The van der Waals surface area contributed by atoms with Crippen molar-refractivity contribution in [2.24, 2.45) is 0 Å². The molecule has 1 aromatic carbocycles. The first-order valence-corrected chi connectivity index (χ1v) is 7.66. The Kier molecular flexibility index (Phi) is 5.94. The monoisotopic (exact) mass is 344 g/mol. The number of benzene rings is 1. The highest BCUT2D eigenvalue weighted by atomic mass is 16.5. The summed E-state index contributed by atoms with van der Waals surface area (Å²) in [4.78, 5) is 27.0. The molecule has 7 nitrogen and oxygen atoms in total. The molecular formula is C18H20N2O5. The summed E-state index contributed by atoms with van der Waals surface area (Å²) in [6.45, 7) is 1.86. The first kappa shape index (κ1) is 18.3. The lowest BCUT2D eigenvalue weighted by Gasteiger charge is -2.15. The quantitative estimate of drug-likeness (QED) is 0.799. The van der Waals surface area contributed by atoms with Crippen molar-refractivity contribution in [3.8, 4) is 11.5 Å². The topological polar surface area (TPSA) is 97.8 Å². The lowest BCUT2D eigenvalue weighted by molar-refractivity contribution is 0.0690. The summed E-state index contributed by atoms with van der Waals surface area (Å²) < 4.78 is 10.5. The molecule has 0 bridgehead atoms. The minimum Gasteiger partial charge on any atom is -0.493 e. The van der Waals surface area contributed by atoms with Gasteiger partial charge in [-0.15, -0.1) is 0 Å². The number of nitrogens with one attached hydrogen (secondary N) is 1. The van der Waals surface area contributed by atoms with Crippen molar-refractivity contribution in [2.75, 3.05) is 14.2 Å². The van der Waals surface area contributed by atoms with Crippen LogP contribution in [0.4, 0.5) is 0 Å². The van der Waals surface area contributed by atoms with Crippen molar-refractivity contribution in [1.82, 2.24) is 10.3 Å². The maximum absolute atomic E-state index is 12.2. The van der Waals surface area contributed by atoms with Crippen LogP contribution in [0.25, 0.3) is 0 Å². The second kappa shape index (κ2) is 8.14. The van der Waals surface area contributed by atoms with E-state index in [4.69, 9.17) is 14.6 Å². The minimum absolute atomic E-state index is 0.0686. The minimum atomic E-state index is -1.17. The van der Waals surface area contributed by atoms with Gasteiger partial charge in [-0.05, 0) is 43.2 Å². The molecule has 1 amide bonds. The second-order valence-corrected chi connectivity index (χ2v) is 5.48. The van der Waals surface area contributed by atoms with Crippen molar-refractivity contribution in [3.63, 3.8) is 0 Å². The first-order chi connectivity index (χ1) is 11.9. The number of amides is 1. The van der Waals surface area contributed by atoms with E-state index in [1.165, 1.54) is 18.2 Å². The largest absolute Gasteiger partial charge is 0.493 e. The Bertz CT molecular complexity index is 776. The number of ether oxygens (including phenoxy) is 2. The molecule has 0 aliphatic rings. The summed E-state index contributed by atoms with van der Waals surface area (Å²) in [6.07, 6.45) is 0.574. The SMILES string of the molecule is COc1ccc(CC(C)NC(=O)c2cccc(C(=O)O)n2)cc1OC. The van der Waals surface area contributed by atoms with Crippen molar-refractivity contribution >= 4 is 11.9 Å². The third-order valence-corrected chi connectivity index (χ3v) is 3.57. The number of methoxy groups -OCH3 is 2. The van der Waals surface area contributed by atoms with Crippen molar-refractivity contribution < 1.29 is 24.2 Å². The highest BCUT2D eigenvalue weighted by Crippen LogP contribution is 2.27. The maximum Gasteiger partial charge on any atom is 0.354 e. The maximum atomic E-state index is 12.2. The van der Waals surface area contributed by atoms with Crippen LogP contribution in [0, 0.1) is 0 Å². The average Bonchev–Trinajstić information content (AvgIpc) is 2.61. The lowest BCUT2D eigenvalue weighted by atomic mass is 10.1. The summed E-state index contributed by atoms with van der Waals surface area (Å²) in [5.74, 6) is -0.337. The molecule has 0 saturated heterocycles. The molecule has 0 saturated carbocycles. The molecule has 2 N–H and O–H groups in total. The number of aromatic carboxylic acids is 1. The Balaban J connectivity index is 2.04. The number of hydrogen-bond donors (Lipinski definition) is 2. The smallest absolute Gasteiger partial charge is 0.354 e. The van der Waals surface area contributed by atoms with Crippen LogP contribution in [0.5, 0.6) is 11.5 Å². The first-order valence-electron chi connectivity index (χ1n) is 7.66. The fraction of sp³-hybridized carbons (Fsp3) is 0.278. The van der Waals surface area contributed by atoms with Gasteiger partial charge in [0.1, 0.15) is 11.4 Å². The molecule has 2 aromatic rings. The van der Waals surface area contributed by atoms with E-state index in [-0.39, 0.29) is 17.4 Å². The third kappa shape index (κ3) is 4.69. The van der Waals surface area contributed by atoms with Crippen LogP contribution in [0.1, 0.15) is 33.5 Å². The van der Waals surface area contributed by atoms with Crippen LogP contribution in [-0.2, 0) is 6.42 Å². The molecule has 0 radical (unpaired) electrons. The highest BCUT2D eigenvalue weighted by molar-refractivity contribution is 5.94. The molecular weight excluding hydrogens is 324 g/mol. The van der Waals surface area contributed by atoms with Gasteiger partial charge in [-0.25, -0.2) is 9.78 Å². The Morgan fingerprint density at radius 3 is 2.44 bits per heavy atom. The molecule has 132 valence electrons. The lowest BCUT2D eigenvalue weighted by Crippen LogP contribution is -2.34. The van der Waals surface area contributed by atoms with Gasteiger partial charge in [0, 0.05) is 6.04 Å². The number of carboxylic acids is 1. The zero-order valence-corrected chi connectivity index (χ0v) is 14.3. The van der Waals surface area contributed by atoms with Gasteiger partial charge in [-0.1, -0.05) is 12.1 Å². The zero-order valence-electron chi connectivity index (χ0n) is 14.3. The molecule has 0 fully saturated rings. The normalized spacial score (nSPS) is 11.5. The molecule has 1 atom stereocenters. The van der Waals surface area contributed by atoms with Gasteiger partial charge >= 0.3 is 5.97 Å². The Morgan fingerprint density at radius 2 is 1.80 bits per heavy atom. The van der Waals surface area contributed by atoms with E-state index in [9.17, 15) is 9.59 Å². The Hall–Kier alpha value is -3.09. The summed E-state index contributed by atoms with van der Waals surface area (Å²) in [6, 6.07) is 9.68. The van der Waals surface area contributed by atoms with Gasteiger partial charge in [-0.2, -0.15) is 0 Å². The molecule has 0 aliphatic carbocycles. The van der Waals surface area contributed by atoms with Crippen molar-refractivity contribution in [2.45, 2.75) is 19.4 Å². The number of nitrogens with zero attached hydrogens (tertiary/aromatic N) is 1. The molecule has 1 unspecified atom stereocenters. The number of aromatic nitrogens is 1. The summed E-state index contributed by atoms with van der Waals surface area (Å²) in [5, 5.41) is 11.8. The molecule has 2 rings (SSSR count). The number of carbonyl (C=O) groups excluding carboxylic acids is 1.